The van der Waals surface area contributed by atoms with Gasteiger partial charge in [-0.1, -0.05) is 6.07 Å². The van der Waals surface area contributed by atoms with Crippen molar-refractivity contribution in [2.45, 2.75) is 25.4 Å². The number of carboxylic acids is 1. The number of hydrogen-bond acceptors (Lipinski definition) is 4. The minimum Gasteiger partial charge on any atom is -0.478 e. The summed E-state index contributed by atoms with van der Waals surface area (Å²) >= 11 is 0. The lowest BCUT2D eigenvalue weighted by Crippen LogP contribution is -2.07. The van der Waals surface area contributed by atoms with E-state index in [4.69, 9.17) is 14.9 Å². The van der Waals surface area contributed by atoms with Gasteiger partial charge in [0.2, 0.25) is 0 Å². The largest absolute Gasteiger partial charge is 0.478 e. The monoisotopic (exact) mass is 299 g/mol. The van der Waals surface area contributed by atoms with Crippen LogP contribution in [-0.2, 0) is 11.2 Å². The van der Waals surface area contributed by atoms with Crippen molar-refractivity contribution in [3.63, 3.8) is 0 Å². The van der Waals surface area contributed by atoms with Gasteiger partial charge in [-0.2, -0.15) is 5.10 Å². The average Bonchev–Trinajstić information content (AvgIpc) is 3.24. The zero-order chi connectivity index (χ0) is 15.1. The molecule has 1 fully saturated rings. The Kier molecular flexibility index (Phi) is 3.11. The number of nitrogens with one attached hydrogen (secondary N) is 1. The van der Waals surface area contributed by atoms with Gasteiger partial charge in [-0.25, -0.2) is 9.48 Å². The summed E-state index contributed by atoms with van der Waals surface area (Å²) in [5.41, 5.74) is 3.22. The molecule has 0 saturated carbocycles. The molecule has 2 aliphatic heterocycles. The average molecular weight is 299 g/mol. The van der Waals surface area contributed by atoms with Crippen molar-refractivity contribution in [2.24, 2.45) is 0 Å². The van der Waals surface area contributed by atoms with Gasteiger partial charge in [0.25, 0.3) is 0 Å². The van der Waals surface area contributed by atoms with Gasteiger partial charge in [0.1, 0.15) is 11.9 Å². The summed E-state index contributed by atoms with van der Waals surface area (Å²) in [5, 5.41) is 17.2. The predicted octanol–water partition coefficient (Wildman–Crippen LogP) is 2.39. The highest BCUT2D eigenvalue weighted by Gasteiger charge is 2.30. The van der Waals surface area contributed by atoms with Crippen molar-refractivity contribution in [1.29, 1.82) is 0 Å². The molecule has 22 heavy (non-hydrogen) atoms. The van der Waals surface area contributed by atoms with Gasteiger partial charge in [-0.3, -0.25) is 0 Å². The molecule has 1 aromatic carbocycles. The van der Waals surface area contributed by atoms with E-state index in [1.807, 2.05) is 10.7 Å². The van der Waals surface area contributed by atoms with Gasteiger partial charge < -0.3 is 15.2 Å². The number of aromatic carboxylic acids is 1. The summed E-state index contributed by atoms with van der Waals surface area (Å²) in [7, 11) is 0. The standard InChI is InChI=1S/C16H17N3O3/c20-16(21)10-3-1-4-11(9-10)19-15-12(6-7-17-15)14(18-19)13-5-2-8-22-13/h1,3-4,9,13,17H,2,5-8H2,(H,20,21). The summed E-state index contributed by atoms with van der Waals surface area (Å²) in [5.74, 6) is 0.0333. The van der Waals surface area contributed by atoms with Crippen molar-refractivity contribution in [1.82, 2.24) is 9.78 Å². The van der Waals surface area contributed by atoms with Crippen molar-refractivity contribution < 1.29 is 14.6 Å². The third-order valence-electron chi connectivity index (χ3n) is 4.25. The Morgan fingerprint density at radius 3 is 3.14 bits per heavy atom. The molecule has 2 aliphatic rings. The molecule has 0 radical (unpaired) electrons. The lowest BCUT2D eigenvalue weighted by molar-refractivity contribution is 0.0697. The first-order chi connectivity index (χ1) is 10.7. The van der Waals surface area contributed by atoms with E-state index >= 15 is 0 Å². The highest BCUT2D eigenvalue weighted by Crippen LogP contribution is 2.37. The number of carbonyl (C=O) groups is 1. The predicted molar refractivity (Wildman–Crippen MR) is 80.6 cm³/mol. The second kappa shape index (κ2) is 5.14. The Balaban J connectivity index is 1.80. The minimum atomic E-state index is -0.932. The van der Waals surface area contributed by atoms with Crippen molar-refractivity contribution in [3.05, 3.63) is 41.1 Å². The van der Waals surface area contributed by atoms with Gasteiger partial charge >= 0.3 is 5.97 Å². The van der Waals surface area contributed by atoms with Crippen LogP contribution in [0.3, 0.4) is 0 Å². The topological polar surface area (TPSA) is 76.4 Å². The Bertz CT molecular complexity index is 732. The Hall–Kier alpha value is -2.34. The van der Waals surface area contributed by atoms with Crippen LogP contribution in [0.2, 0.25) is 0 Å². The van der Waals surface area contributed by atoms with E-state index in [-0.39, 0.29) is 11.7 Å². The second-order valence-electron chi connectivity index (χ2n) is 5.66. The van der Waals surface area contributed by atoms with E-state index < -0.39 is 5.97 Å². The van der Waals surface area contributed by atoms with Crippen LogP contribution in [0.5, 0.6) is 0 Å². The maximum Gasteiger partial charge on any atom is 0.335 e. The molecule has 0 bridgehead atoms. The number of aromatic nitrogens is 2. The normalized spacial score (nSPS) is 19.9. The van der Waals surface area contributed by atoms with Crippen LogP contribution in [0.15, 0.2) is 24.3 Å². The fourth-order valence-electron chi connectivity index (χ4n) is 3.21. The molecule has 6 heteroatoms. The zero-order valence-corrected chi connectivity index (χ0v) is 12.1. The number of fused-ring (bicyclic) bond motifs is 1. The zero-order valence-electron chi connectivity index (χ0n) is 12.1. The van der Waals surface area contributed by atoms with E-state index in [9.17, 15) is 4.79 Å². The molecule has 0 amide bonds. The van der Waals surface area contributed by atoms with Gasteiger partial charge in [0, 0.05) is 18.7 Å². The molecular formula is C16H17N3O3. The van der Waals surface area contributed by atoms with Crippen LogP contribution in [-0.4, -0.2) is 34.0 Å². The Labute approximate surface area is 127 Å². The Morgan fingerprint density at radius 2 is 2.36 bits per heavy atom. The molecule has 1 saturated heterocycles. The molecule has 0 aliphatic carbocycles. The van der Waals surface area contributed by atoms with E-state index in [1.54, 1.807) is 18.2 Å². The SMILES string of the molecule is O=C(O)c1cccc(-n2nc(C3CCCO3)c3c2NCC3)c1. The lowest BCUT2D eigenvalue weighted by atomic mass is 10.1. The number of ether oxygens (including phenoxy) is 1. The molecule has 1 aromatic heterocycles. The fourth-order valence-corrected chi connectivity index (χ4v) is 3.21. The van der Waals surface area contributed by atoms with Crippen LogP contribution in [0.4, 0.5) is 5.82 Å². The lowest BCUT2D eigenvalue weighted by Gasteiger charge is -2.08. The van der Waals surface area contributed by atoms with Crippen LogP contribution >= 0.6 is 0 Å². The van der Waals surface area contributed by atoms with Crippen LogP contribution in [0.25, 0.3) is 5.69 Å². The first kappa shape index (κ1) is 13.3. The molecule has 2 aromatic rings. The maximum atomic E-state index is 11.2. The van der Waals surface area contributed by atoms with Crippen LogP contribution < -0.4 is 5.32 Å². The smallest absolute Gasteiger partial charge is 0.335 e. The van der Waals surface area contributed by atoms with Gasteiger partial charge in [-0.05, 0) is 37.5 Å². The van der Waals surface area contributed by atoms with Crippen LogP contribution in [0, 0.1) is 0 Å². The molecular weight excluding hydrogens is 282 g/mol. The number of nitrogens with zero attached hydrogens (tertiary/aromatic N) is 2. The van der Waals surface area contributed by atoms with Crippen molar-refractivity contribution in [2.75, 3.05) is 18.5 Å². The first-order valence-electron chi connectivity index (χ1n) is 7.55. The van der Waals surface area contributed by atoms with Gasteiger partial charge in [0.15, 0.2) is 0 Å². The number of carboxylic acid groups (broad SMARTS) is 1. The molecule has 3 heterocycles. The van der Waals surface area contributed by atoms with Crippen molar-refractivity contribution >= 4 is 11.8 Å². The van der Waals surface area contributed by atoms with Crippen LogP contribution in [0.1, 0.15) is 40.6 Å². The van der Waals surface area contributed by atoms with E-state index in [1.165, 1.54) is 5.56 Å². The highest BCUT2D eigenvalue weighted by molar-refractivity contribution is 5.88. The first-order valence-corrected chi connectivity index (χ1v) is 7.55. The third-order valence-corrected chi connectivity index (χ3v) is 4.25. The number of rotatable bonds is 3. The summed E-state index contributed by atoms with van der Waals surface area (Å²) < 4.78 is 7.59. The maximum absolute atomic E-state index is 11.2. The second-order valence-corrected chi connectivity index (χ2v) is 5.66. The fraction of sp³-hybridized carbons (Fsp3) is 0.375. The Morgan fingerprint density at radius 1 is 1.45 bits per heavy atom. The third kappa shape index (κ3) is 2.07. The molecule has 4 rings (SSSR count). The summed E-state index contributed by atoms with van der Waals surface area (Å²) in [6.07, 6.45) is 3.06. The number of hydrogen-bond donors (Lipinski definition) is 2. The van der Waals surface area contributed by atoms with Gasteiger partial charge in [0.05, 0.1) is 16.9 Å². The summed E-state index contributed by atoms with van der Waals surface area (Å²) in [6, 6.07) is 6.85. The summed E-state index contributed by atoms with van der Waals surface area (Å²) in [4.78, 5) is 11.2. The number of anilines is 1. The minimum absolute atomic E-state index is 0.0672. The molecule has 1 atom stereocenters. The quantitative estimate of drug-likeness (QED) is 0.910. The van der Waals surface area contributed by atoms with Gasteiger partial charge in [-0.15, -0.1) is 0 Å². The van der Waals surface area contributed by atoms with Crippen molar-refractivity contribution in [3.8, 4) is 5.69 Å². The van der Waals surface area contributed by atoms with E-state index in [0.717, 1.165) is 49.6 Å². The molecule has 0 spiro atoms. The molecule has 6 nitrogen and oxygen atoms in total. The highest BCUT2D eigenvalue weighted by atomic mass is 16.5. The molecule has 2 N–H and O–H groups in total. The number of benzene rings is 1. The molecule has 1 unspecified atom stereocenters. The van der Waals surface area contributed by atoms with E-state index in [0.29, 0.717) is 0 Å². The van der Waals surface area contributed by atoms with E-state index in [2.05, 4.69) is 5.32 Å². The molecule has 114 valence electrons. The summed E-state index contributed by atoms with van der Waals surface area (Å²) in [6.45, 7) is 1.67.